The van der Waals surface area contributed by atoms with Crippen molar-refractivity contribution in [3.05, 3.63) is 60.2 Å². The average molecular weight is 962 g/mol. The summed E-state index contributed by atoms with van der Waals surface area (Å²) in [5.41, 5.74) is 1.81. The standard InChI is InChI=1S/C53H77F2N7O7/c1-5-27-65-28-29-66-30-31-67-32-33-68-34-35-69-47-15-12-45(13-16-47)58-51(64)60-25-22-52(23-26-60)37-44(38-52)49(57)62(41(4)56)40(3)36-46-14-11-39(2)61(46)24-19-48(42-9-7-6-8-10-42)59-50(63)43-17-20-53(54,55)21-18-43/h1,6-10,12-13,15-16,39-40,43-44,46,48,56-57H,11,14,17-38H2,2-4H3,(H,58,64)(H,59,63). The molecule has 4 N–H and O–H groups in total. The molecular formula is C53H77F2N7O7. The minimum Gasteiger partial charge on any atom is -0.491 e. The van der Waals surface area contributed by atoms with Crippen LogP contribution in [-0.2, 0) is 23.7 Å². The van der Waals surface area contributed by atoms with Gasteiger partial charge in [-0.25, -0.2) is 13.6 Å². The van der Waals surface area contributed by atoms with Gasteiger partial charge in [0.1, 0.15) is 24.8 Å². The first-order valence-corrected chi connectivity index (χ1v) is 25.2. The summed E-state index contributed by atoms with van der Waals surface area (Å²) in [7, 11) is 0. The molecule has 14 nitrogen and oxygen atoms in total. The number of amides is 3. The number of carbonyl (C=O) groups is 2. The summed E-state index contributed by atoms with van der Waals surface area (Å²) in [5, 5.41) is 24.5. The summed E-state index contributed by atoms with van der Waals surface area (Å²) in [6, 6.07) is 17.5. The highest BCUT2D eigenvalue weighted by Crippen LogP contribution is 2.53. The van der Waals surface area contributed by atoms with E-state index in [1.54, 1.807) is 6.92 Å². The Hall–Kier alpha value is -4.66. The second-order valence-electron chi connectivity index (χ2n) is 19.6. The predicted molar refractivity (Wildman–Crippen MR) is 264 cm³/mol. The van der Waals surface area contributed by atoms with Crippen molar-refractivity contribution in [1.82, 2.24) is 20.0 Å². The van der Waals surface area contributed by atoms with Gasteiger partial charge in [0.25, 0.3) is 0 Å². The first-order chi connectivity index (χ1) is 33.3. The van der Waals surface area contributed by atoms with Crippen LogP contribution in [0.1, 0.15) is 109 Å². The first kappa shape index (κ1) is 53.7. The molecule has 0 bridgehead atoms. The lowest BCUT2D eigenvalue weighted by Gasteiger charge is -2.53. The van der Waals surface area contributed by atoms with Gasteiger partial charge < -0.3 is 44.1 Å². The molecule has 2 heterocycles. The molecule has 0 radical (unpaired) electrons. The van der Waals surface area contributed by atoms with Gasteiger partial charge in [0, 0.05) is 68.1 Å². The Kier molecular flexibility index (Phi) is 20.6. The Balaban J connectivity index is 0.883. The normalized spacial score (nSPS) is 21.2. The maximum Gasteiger partial charge on any atom is 0.321 e. The molecule has 4 unspecified atom stereocenters. The minimum atomic E-state index is -2.68. The third-order valence-electron chi connectivity index (χ3n) is 14.7. The van der Waals surface area contributed by atoms with Crippen LogP contribution in [0.25, 0.3) is 0 Å². The van der Waals surface area contributed by atoms with Crippen molar-refractivity contribution in [2.75, 3.05) is 84.4 Å². The van der Waals surface area contributed by atoms with Gasteiger partial charge in [-0.1, -0.05) is 36.3 Å². The van der Waals surface area contributed by atoms with Gasteiger partial charge >= 0.3 is 6.03 Å². The van der Waals surface area contributed by atoms with E-state index >= 15 is 0 Å². The van der Waals surface area contributed by atoms with Crippen LogP contribution in [0.5, 0.6) is 5.75 Å². The van der Waals surface area contributed by atoms with Gasteiger partial charge in [-0.3, -0.25) is 20.5 Å². The number of likely N-dealkylation sites (tertiary alicyclic amines) is 2. The summed E-state index contributed by atoms with van der Waals surface area (Å²) in [4.78, 5) is 33.0. The number of halogens is 2. The van der Waals surface area contributed by atoms with Crippen molar-refractivity contribution < 1.29 is 42.1 Å². The molecule has 2 saturated carbocycles. The van der Waals surface area contributed by atoms with E-state index in [1.807, 2.05) is 64.4 Å². The zero-order valence-electron chi connectivity index (χ0n) is 41.2. The number of benzene rings is 2. The van der Waals surface area contributed by atoms with Gasteiger partial charge in [0.05, 0.1) is 58.1 Å². The van der Waals surface area contributed by atoms with E-state index in [2.05, 4.69) is 35.3 Å². The van der Waals surface area contributed by atoms with Crippen LogP contribution in [0.15, 0.2) is 54.6 Å². The highest BCUT2D eigenvalue weighted by Gasteiger charge is 2.49. The molecular weight excluding hydrogens is 885 g/mol. The second kappa shape index (κ2) is 26.5. The molecule has 4 aliphatic rings. The Morgan fingerprint density at radius 3 is 2.06 bits per heavy atom. The lowest BCUT2D eigenvalue weighted by atomic mass is 9.57. The lowest BCUT2D eigenvalue weighted by molar-refractivity contribution is -0.130. The van der Waals surface area contributed by atoms with Gasteiger partial charge in [0.15, 0.2) is 0 Å². The Morgan fingerprint density at radius 1 is 0.841 bits per heavy atom. The van der Waals surface area contributed by atoms with E-state index in [0.717, 1.165) is 57.1 Å². The minimum absolute atomic E-state index is 0.0384. The fourth-order valence-electron chi connectivity index (χ4n) is 10.7. The van der Waals surface area contributed by atoms with Gasteiger partial charge in [0.2, 0.25) is 11.8 Å². The van der Waals surface area contributed by atoms with E-state index in [1.165, 1.54) is 0 Å². The molecule has 69 heavy (non-hydrogen) atoms. The molecule has 2 aliphatic carbocycles. The highest BCUT2D eigenvalue weighted by molar-refractivity contribution is 5.99. The summed E-state index contributed by atoms with van der Waals surface area (Å²) in [6.45, 7) is 12.1. The molecule has 2 aliphatic heterocycles. The molecule has 4 atom stereocenters. The van der Waals surface area contributed by atoms with Crippen molar-refractivity contribution in [3.63, 3.8) is 0 Å². The first-order valence-electron chi connectivity index (χ1n) is 25.2. The molecule has 4 fully saturated rings. The molecule has 2 aromatic carbocycles. The van der Waals surface area contributed by atoms with E-state index < -0.39 is 11.8 Å². The van der Waals surface area contributed by atoms with E-state index in [-0.39, 0.29) is 73.7 Å². The summed E-state index contributed by atoms with van der Waals surface area (Å²) in [5.74, 6) is 0.862. The molecule has 380 valence electrons. The number of piperidine rings is 1. The summed E-state index contributed by atoms with van der Waals surface area (Å²) in [6.07, 6.45) is 12.2. The Labute approximate surface area is 408 Å². The number of anilines is 1. The SMILES string of the molecule is C#CCOCCOCCOCCOCCOc1ccc(NC(=O)N2CCC3(CC2)CC(C(=N)N(C(C)=N)C(C)CC2CCC(C)N2CCC(NC(=O)C2CCC(F)(F)CC2)c2ccccc2)C3)cc1. The molecule has 16 heteroatoms. The van der Waals surface area contributed by atoms with Crippen LogP contribution in [0.2, 0.25) is 0 Å². The largest absolute Gasteiger partial charge is 0.491 e. The quantitative estimate of drug-likeness (QED) is 0.0330. The summed E-state index contributed by atoms with van der Waals surface area (Å²) >= 11 is 0. The number of alkyl halides is 2. The number of amidine groups is 2. The molecule has 2 saturated heterocycles. The maximum atomic E-state index is 13.9. The summed E-state index contributed by atoms with van der Waals surface area (Å²) < 4.78 is 55.2. The van der Waals surface area contributed by atoms with Gasteiger partial charge in [-0.15, -0.1) is 6.42 Å². The monoisotopic (exact) mass is 962 g/mol. The van der Waals surface area contributed by atoms with Gasteiger partial charge in [-0.2, -0.15) is 0 Å². The topological polar surface area (TPSA) is 162 Å². The van der Waals surface area contributed by atoms with Crippen LogP contribution < -0.4 is 15.4 Å². The van der Waals surface area contributed by atoms with Crippen LogP contribution in [0.4, 0.5) is 19.3 Å². The maximum absolute atomic E-state index is 13.9. The van der Waals surface area contributed by atoms with E-state index in [0.29, 0.717) is 102 Å². The molecule has 1 spiro atoms. The van der Waals surface area contributed by atoms with E-state index in [9.17, 15) is 23.8 Å². The predicted octanol–water partition coefficient (Wildman–Crippen LogP) is 8.77. The third kappa shape index (κ3) is 16.2. The highest BCUT2D eigenvalue weighted by atomic mass is 19.3. The van der Waals surface area contributed by atoms with Gasteiger partial charge in [-0.05, 0) is 120 Å². The van der Waals surface area contributed by atoms with Crippen LogP contribution >= 0.6 is 0 Å². The molecule has 0 aromatic heterocycles. The second-order valence-corrected chi connectivity index (χ2v) is 19.6. The molecule has 6 rings (SSSR count). The molecule has 2 aromatic rings. The van der Waals surface area contributed by atoms with E-state index in [4.69, 9.17) is 35.5 Å². The van der Waals surface area contributed by atoms with Crippen molar-refractivity contribution in [3.8, 4) is 18.1 Å². The number of ether oxygens (including phenoxy) is 5. The smallest absolute Gasteiger partial charge is 0.321 e. The number of nitrogens with one attached hydrogen (secondary N) is 4. The number of carbonyl (C=O) groups excluding carboxylic acids is 2. The number of hydrogen-bond acceptors (Lipinski definition) is 10. The third-order valence-corrected chi connectivity index (χ3v) is 14.7. The number of urea groups is 1. The average Bonchev–Trinajstić information content (AvgIpc) is 3.67. The molecule has 3 amide bonds. The Bertz CT molecular complexity index is 1960. The fraction of sp³-hybridized carbons (Fsp3) is 0.660. The van der Waals surface area contributed by atoms with Crippen molar-refractivity contribution in [1.29, 1.82) is 10.8 Å². The lowest BCUT2D eigenvalue weighted by Crippen LogP contribution is -2.55. The van der Waals surface area contributed by atoms with Crippen molar-refractivity contribution >= 4 is 29.3 Å². The fourth-order valence-corrected chi connectivity index (χ4v) is 10.7. The van der Waals surface area contributed by atoms with Crippen molar-refractivity contribution in [2.45, 2.75) is 128 Å². The van der Waals surface area contributed by atoms with Crippen LogP contribution in [0.3, 0.4) is 0 Å². The Morgan fingerprint density at radius 2 is 1.45 bits per heavy atom. The number of rotatable bonds is 25. The van der Waals surface area contributed by atoms with Crippen molar-refractivity contribution in [2.24, 2.45) is 17.3 Å². The zero-order valence-corrected chi connectivity index (χ0v) is 41.2. The van der Waals surface area contributed by atoms with Crippen LogP contribution in [0, 0.1) is 40.4 Å². The zero-order chi connectivity index (χ0) is 49.2. The number of terminal acetylenes is 1. The number of nitrogens with zero attached hydrogens (tertiary/aromatic N) is 3. The number of hydrogen-bond donors (Lipinski definition) is 4. The van der Waals surface area contributed by atoms with Crippen LogP contribution in [-0.4, -0.2) is 141 Å².